The Morgan fingerprint density at radius 1 is 0.465 bits per heavy atom. The van der Waals surface area contributed by atoms with Gasteiger partial charge in [-0.1, -0.05) is 106 Å². The Hall–Kier alpha value is -8.78. The van der Waals surface area contributed by atoms with Crippen molar-refractivity contribution in [2.45, 2.75) is 57.3 Å². The van der Waals surface area contributed by atoms with Crippen LogP contribution in [0, 0.1) is 0 Å². The van der Waals surface area contributed by atoms with Crippen molar-refractivity contribution in [1.82, 2.24) is 4.57 Å². The van der Waals surface area contributed by atoms with Crippen LogP contribution in [0.3, 0.4) is 0 Å². The van der Waals surface area contributed by atoms with Gasteiger partial charge in [0.1, 0.15) is 11.0 Å². The fourth-order valence-electron chi connectivity index (χ4n) is 12.1. The molecular weight excluding hydrogens is 897 g/mol. The van der Waals surface area contributed by atoms with E-state index < -0.39 is 68.2 Å². The zero-order chi connectivity index (χ0) is 48.8. The molecule has 8 aromatic carbocycles. The zero-order valence-electron chi connectivity index (χ0n) is 38.6. The highest BCUT2D eigenvalue weighted by atomic mass is 17.0. The molecule has 71 heavy (non-hydrogen) atoms. The number of rotatable bonds is 4. The average molecular weight is 944 g/mol. The number of hydrogen-bond donors (Lipinski definition) is 8. The predicted molar refractivity (Wildman–Crippen MR) is 274 cm³/mol. The second kappa shape index (κ2) is 15.1. The third kappa shape index (κ3) is 5.81. The van der Waals surface area contributed by atoms with Gasteiger partial charge in [0, 0.05) is 45.2 Å². The molecule has 2 aliphatic heterocycles. The lowest BCUT2D eigenvalue weighted by molar-refractivity contribution is 0.0869. The maximum Gasteiger partial charge on any atom is 0.252 e. The summed E-state index contributed by atoms with van der Waals surface area (Å²) in [6.45, 7) is 4.14. The summed E-state index contributed by atoms with van der Waals surface area (Å²) in [7, 11) is 0. The van der Waals surface area contributed by atoms with Gasteiger partial charge in [-0.25, -0.2) is 0 Å². The smallest absolute Gasteiger partial charge is 0.252 e. The molecule has 0 unspecified atom stereocenters. The highest BCUT2D eigenvalue weighted by Gasteiger charge is 2.45. The Labute approximate surface area is 406 Å². The van der Waals surface area contributed by atoms with Gasteiger partial charge in [-0.2, -0.15) is 0 Å². The Morgan fingerprint density at radius 3 is 1.69 bits per heavy atom. The van der Waals surface area contributed by atoms with E-state index in [4.69, 9.17) is 9.15 Å². The summed E-state index contributed by atoms with van der Waals surface area (Å²) >= 11 is 0. The van der Waals surface area contributed by atoms with Crippen LogP contribution in [0.25, 0.3) is 39.0 Å². The molecule has 0 bridgehead atoms. The third-order valence-corrected chi connectivity index (χ3v) is 15.5. The number of hydrogen-bond acceptors (Lipinski definition) is 12. The van der Waals surface area contributed by atoms with Crippen molar-refractivity contribution in [1.29, 1.82) is 0 Å². The van der Waals surface area contributed by atoms with Crippen LogP contribution < -0.4 is 26.2 Å². The largest absolute Gasteiger partial charge is 0.503 e. The van der Waals surface area contributed by atoms with Crippen LogP contribution in [-0.4, -0.2) is 52.1 Å². The summed E-state index contributed by atoms with van der Waals surface area (Å²) in [6.07, 6.45) is 5.53. The SMILES string of the molecule is CC1(C)c2ccccc2-c2ccc(N3c4cc(-n5c6c(O)c(O)c(O)c(O)c6ooc6c(O)c(O)c(O)c(O)c65)ccc4B4c5ccccc5N(c5ccccc5)c5cc(C6CCCCC6)cc3c54)cc21. The lowest BCUT2D eigenvalue weighted by atomic mass is 9.33. The average Bonchev–Trinajstić information content (AvgIpc) is 3.49. The number of fused-ring (bicyclic) bond motifs is 9. The number of aromatic nitrogens is 1. The zero-order valence-corrected chi connectivity index (χ0v) is 38.6. The van der Waals surface area contributed by atoms with Crippen molar-refractivity contribution in [3.8, 4) is 62.8 Å². The highest BCUT2D eigenvalue weighted by Crippen LogP contribution is 2.56. The van der Waals surface area contributed by atoms with Gasteiger partial charge in [-0.3, -0.25) is 13.7 Å². The molecular formula is C57H46BN3O10. The first-order valence-corrected chi connectivity index (χ1v) is 23.8. The van der Waals surface area contributed by atoms with Gasteiger partial charge in [-0.05, 0) is 118 Å². The quantitative estimate of drug-likeness (QED) is 0.0360. The van der Waals surface area contributed by atoms with Crippen LogP contribution in [0.5, 0.6) is 46.0 Å². The van der Waals surface area contributed by atoms with E-state index >= 15 is 0 Å². The maximum atomic E-state index is 11.8. The summed E-state index contributed by atoms with van der Waals surface area (Å²) in [5.41, 5.74) is 11.7. The molecule has 1 fully saturated rings. The molecule has 1 saturated carbocycles. The molecule has 14 heteroatoms. The van der Waals surface area contributed by atoms with Crippen LogP contribution in [0.15, 0.2) is 137 Å². The van der Waals surface area contributed by atoms with Crippen molar-refractivity contribution in [3.05, 3.63) is 144 Å². The summed E-state index contributed by atoms with van der Waals surface area (Å²) < 4.78 is 12.0. The third-order valence-electron chi connectivity index (χ3n) is 15.5. The minimum absolute atomic E-state index is 0.140. The molecule has 0 atom stereocenters. The topological polar surface area (TPSA) is 200 Å². The van der Waals surface area contributed by atoms with E-state index in [-0.39, 0.29) is 17.8 Å². The Kier molecular flexibility index (Phi) is 9.01. The summed E-state index contributed by atoms with van der Waals surface area (Å²) in [5, 5.41) is 89.7. The minimum atomic E-state index is -1.14. The first kappa shape index (κ1) is 42.3. The van der Waals surface area contributed by atoms with Gasteiger partial charge in [-0.15, -0.1) is 0 Å². The molecule has 9 aromatic rings. The van der Waals surface area contributed by atoms with Crippen LogP contribution in [0.4, 0.5) is 34.1 Å². The molecule has 8 N–H and O–H groups in total. The van der Waals surface area contributed by atoms with Gasteiger partial charge >= 0.3 is 0 Å². The normalized spacial score (nSPS) is 15.3. The number of phenolic OH excluding ortho intramolecular Hbond substituents is 8. The Balaban J connectivity index is 1.17. The number of nitrogens with zero attached hydrogens (tertiary/aromatic N) is 3. The number of anilines is 6. The lowest BCUT2D eigenvalue weighted by Crippen LogP contribution is -2.61. The van der Waals surface area contributed by atoms with Gasteiger partial charge in [0.15, 0.2) is 11.5 Å². The molecule has 352 valence electrons. The van der Waals surface area contributed by atoms with Crippen molar-refractivity contribution in [2.75, 3.05) is 9.80 Å². The van der Waals surface area contributed by atoms with Gasteiger partial charge in [0.2, 0.25) is 34.5 Å². The van der Waals surface area contributed by atoms with E-state index in [9.17, 15) is 40.9 Å². The van der Waals surface area contributed by atoms with Crippen LogP contribution in [-0.2, 0) is 5.41 Å². The van der Waals surface area contributed by atoms with Crippen molar-refractivity contribution in [3.63, 3.8) is 0 Å². The monoisotopic (exact) mass is 943 g/mol. The van der Waals surface area contributed by atoms with Crippen molar-refractivity contribution in [2.24, 2.45) is 0 Å². The van der Waals surface area contributed by atoms with E-state index in [1.165, 1.54) is 23.1 Å². The molecule has 0 saturated heterocycles. The number of phenols is 8. The van der Waals surface area contributed by atoms with E-state index in [0.717, 1.165) is 86.2 Å². The number of aromatic hydroxyl groups is 8. The maximum absolute atomic E-state index is 11.8. The molecule has 0 spiro atoms. The second-order valence-corrected chi connectivity index (χ2v) is 19.6. The minimum Gasteiger partial charge on any atom is -0.503 e. The molecule has 4 aliphatic rings. The molecule has 13 rings (SSSR count). The Morgan fingerprint density at radius 2 is 1.01 bits per heavy atom. The van der Waals surface area contributed by atoms with Crippen LogP contribution in [0.1, 0.15) is 68.6 Å². The van der Waals surface area contributed by atoms with E-state index in [1.807, 2.05) is 24.3 Å². The van der Waals surface area contributed by atoms with Gasteiger partial charge in [0.25, 0.3) is 17.9 Å². The van der Waals surface area contributed by atoms with E-state index in [1.54, 1.807) is 6.07 Å². The standard InChI is InChI=1S/C57H46BN3O10/c1-57(2)36-18-10-9-17-34(36)35-23-21-32(27-37(35)57)60-41-28-33(61-45-47(62)49(64)51(66)53(68)55(45)70-71-56-46(61)48(63)50(65)52(67)54(56)69)22-24-39(41)58-38-19-11-12-20-40(38)59(31-15-7-4-8-16-31)42-25-30(26-43(60)44(42)58)29-13-5-3-6-14-29/h4,7-12,15-29,62-69H,3,5-6,13-14H2,1-2H3. The Bertz CT molecular complexity index is 3730. The highest BCUT2D eigenvalue weighted by molar-refractivity contribution is 7.00. The predicted octanol–water partition coefficient (Wildman–Crippen LogP) is 11.2. The number of benzene rings is 8. The first-order chi connectivity index (χ1) is 34.3. The lowest BCUT2D eigenvalue weighted by Gasteiger charge is -2.45. The fraction of sp³-hybridized carbons (Fsp3) is 0.158. The van der Waals surface area contributed by atoms with E-state index in [0.29, 0.717) is 11.6 Å². The number of para-hydroxylation sites is 2. The van der Waals surface area contributed by atoms with Crippen LogP contribution >= 0.6 is 0 Å². The summed E-state index contributed by atoms with van der Waals surface area (Å²) in [5.74, 6) is -8.39. The summed E-state index contributed by atoms with van der Waals surface area (Å²) in [4.78, 5) is 4.62. The summed E-state index contributed by atoms with van der Waals surface area (Å²) in [6, 6.07) is 44.1. The molecule has 0 radical (unpaired) electrons. The molecule has 2 aliphatic carbocycles. The molecule has 1 aromatic heterocycles. The molecule has 3 heterocycles. The second-order valence-electron chi connectivity index (χ2n) is 19.6. The van der Waals surface area contributed by atoms with Gasteiger partial charge < -0.3 is 50.7 Å². The van der Waals surface area contributed by atoms with Gasteiger partial charge in [0.05, 0.1) is 0 Å². The molecule has 13 nitrogen and oxygen atoms in total. The van der Waals surface area contributed by atoms with Crippen LogP contribution in [0.2, 0.25) is 0 Å². The first-order valence-electron chi connectivity index (χ1n) is 23.8. The van der Waals surface area contributed by atoms with Crippen molar-refractivity contribution >= 4 is 79.4 Å². The fourth-order valence-corrected chi connectivity index (χ4v) is 12.1. The van der Waals surface area contributed by atoms with Crippen molar-refractivity contribution < 1.29 is 50.0 Å². The molecule has 0 amide bonds. The van der Waals surface area contributed by atoms with E-state index in [2.05, 4.69) is 121 Å².